The first-order valence-corrected chi connectivity index (χ1v) is 8.06. The van der Waals surface area contributed by atoms with Crippen molar-refractivity contribution in [3.05, 3.63) is 51.3 Å². The lowest BCUT2D eigenvalue weighted by Gasteiger charge is -2.20. The van der Waals surface area contributed by atoms with E-state index in [1.165, 1.54) is 11.1 Å². The van der Waals surface area contributed by atoms with E-state index in [0.717, 1.165) is 41.5 Å². The lowest BCUT2D eigenvalue weighted by molar-refractivity contribution is 0.404. The van der Waals surface area contributed by atoms with Crippen LogP contribution in [0.1, 0.15) is 29.4 Å². The van der Waals surface area contributed by atoms with Gasteiger partial charge in [-0.3, -0.25) is 4.68 Å². The molecule has 4 heteroatoms. The van der Waals surface area contributed by atoms with Crippen molar-refractivity contribution in [3.8, 4) is 6.07 Å². The Labute approximate surface area is 133 Å². The number of fused-ring (bicyclic) bond motifs is 1. The molecule has 0 saturated carbocycles. The lowest BCUT2D eigenvalue weighted by atomic mass is 9.81. The standard InChI is InChI=1S/C17H18BrN3/c1-3-14-16(18)15(21(2)20-14)10-17(11-19)8-12-6-4-5-7-13(12)9-17/h4-7H,3,8-10H2,1-2H3. The average Bonchev–Trinajstić information content (AvgIpc) is 2.99. The van der Waals surface area contributed by atoms with Gasteiger partial charge in [0.2, 0.25) is 0 Å². The van der Waals surface area contributed by atoms with Gasteiger partial charge < -0.3 is 0 Å². The summed E-state index contributed by atoms with van der Waals surface area (Å²) >= 11 is 3.67. The second kappa shape index (κ2) is 5.31. The topological polar surface area (TPSA) is 41.6 Å². The summed E-state index contributed by atoms with van der Waals surface area (Å²) in [4.78, 5) is 0. The van der Waals surface area contributed by atoms with Gasteiger partial charge >= 0.3 is 0 Å². The molecule has 1 aromatic heterocycles. The summed E-state index contributed by atoms with van der Waals surface area (Å²) in [5, 5.41) is 14.3. The van der Waals surface area contributed by atoms with E-state index in [2.05, 4.69) is 58.3 Å². The molecule has 0 amide bonds. The monoisotopic (exact) mass is 343 g/mol. The van der Waals surface area contributed by atoms with E-state index in [0.29, 0.717) is 0 Å². The largest absolute Gasteiger partial charge is 0.271 e. The molecule has 0 fully saturated rings. The molecule has 3 nitrogen and oxygen atoms in total. The normalized spacial score (nSPS) is 15.7. The number of hydrogen-bond donors (Lipinski definition) is 0. The van der Waals surface area contributed by atoms with Crippen molar-refractivity contribution in [2.45, 2.75) is 32.6 Å². The number of nitriles is 1. The van der Waals surface area contributed by atoms with E-state index >= 15 is 0 Å². The van der Waals surface area contributed by atoms with Crippen molar-refractivity contribution >= 4 is 15.9 Å². The first kappa shape index (κ1) is 14.3. The smallest absolute Gasteiger partial charge is 0.0766 e. The van der Waals surface area contributed by atoms with E-state index in [-0.39, 0.29) is 5.41 Å². The van der Waals surface area contributed by atoms with E-state index in [1.54, 1.807) is 0 Å². The van der Waals surface area contributed by atoms with E-state index < -0.39 is 0 Å². The van der Waals surface area contributed by atoms with Crippen molar-refractivity contribution < 1.29 is 0 Å². The third-order valence-electron chi connectivity index (χ3n) is 4.42. The van der Waals surface area contributed by atoms with E-state index in [1.807, 2.05) is 11.7 Å². The molecule has 0 aliphatic heterocycles. The molecule has 1 heterocycles. The Bertz CT molecular complexity index is 699. The predicted octanol–water partition coefficient (Wildman–Crippen LogP) is 3.60. The highest BCUT2D eigenvalue weighted by Crippen LogP contribution is 2.40. The molecule has 0 N–H and O–H groups in total. The summed E-state index contributed by atoms with van der Waals surface area (Å²) in [5.41, 5.74) is 4.48. The summed E-state index contributed by atoms with van der Waals surface area (Å²) < 4.78 is 2.99. The van der Waals surface area contributed by atoms with E-state index in [9.17, 15) is 5.26 Å². The van der Waals surface area contributed by atoms with Gasteiger partial charge in [0.05, 0.1) is 27.3 Å². The Hall–Kier alpha value is -1.60. The van der Waals surface area contributed by atoms with Crippen LogP contribution in [0.3, 0.4) is 0 Å². The van der Waals surface area contributed by atoms with Gasteiger partial charge in [0.1, 0.15) is 0 Å². The fraction of sp³-hybridized carbons (Fsp3) is 0.412. The zero-order chi connectivity index (χ0) is 15.0. The molecule has 0 saturated heterocycles. The van der Waals surface area contributed by atoms with Gasteiger partial charge in [0, 0.05) is 13.5 Å². The van der Waals surface area contributed by atoms with Crippen LogP contribution in [0.2, 0.25) is 0 Å². The molecule has 2 aromatic rings. The molecule has 0 spiro atoms. The van der Waals surface area contributed by atoms with Gasteiger partial charge in [0.25, 0.3) is 0 Å². The number of aryl methyl sites for hydroxylation is 2. The molecule has 21 heavy (non-hydrogen) atoms. The Morgan fingerprint density at radius 2 is 1.95 bits per heavy atom. The summed E-state index contributed by atoms with van der Waals surface area (Å²) in [7, 11) is 1.96. The van der Waals surface area contributed by atoms with Crippen LogP contribution in [0, 0.1) is 16.7 Å². The third kappa shape index (κ3) is 2.40. The van der Waals surface area contributed by atoms with Crippen LogP contribution in [-0.4, -0.2) is 9.78 Å². The maximum Gasteiger partial charge on any atom is 0.0766 e. The Morgan fingerprint density at radius 3 is 2.43 bits per heavy atom. The van der Waals surface area contributed by atoms with Crippen LogP contribution in [0.4, 0.5) is 0 Å². The molecule has 1 aromatic carbocycles. The molecule has 0 radical (unpaired) electrons. The molecule has 1 aliphatic carbocycles. The Kier molecular flexibility index (Phi) is 3.62. The van der Waals surface area contributed by atoms with Crippen molar-refractivity contribution in [3.63, 3.8) is 0 Å². The van der Waals surface area contributed by atoms with Crippen molar-refractivity contribution in [1.29, 1.82) is 5.26 Å². The van der Waals surface area contributed by atoms with E-state index in [4.69, 9.17) is 0 Å². The minimum absolute atomic E-state index is 0.342. The highest BCUT2D eigenvalue weighted by Gasteiger charge is 2.39. The maximum absolute atomic E-state index is 9.80. The molecular formula is C17H18BrN3. The molecule has 0 bridgehead atoms. The van der Waals surface area contributed by atoms with Crippen LogP contribution >= 0.6 is 15.9 Å². The minimum atomic E-state index is -0.342. The number of nitrogens with zero attached hydrogens (tertiary/aromatic N) is 3. The SMILES string of the molecule is CCc1nn(C)c(CC2(C#N)Cc3ccccc3C2)c1Br. The van der Waals surface area contributed by atoms with Gasteiger partial charge in [0.15, 0.2) is 0 Å². The van der Waals surface area contributed by atoms with Crippen LogP contribution in [0.25, 0.3) is 0 Å². The summed E-state index contributed by atoms with van der Waals surface area (Å²) in [6, 6.07) is 11.0. The van der Waals surface area contributed by atoms with Crippen molar-refractivity contribution in [1.82, 2.24) is 9.78 Å². The summed E-state index contributed by atoms with van der Waals surface area (Å²) in [5.74, 6) is 0. The van der Waals surface area contributed by atoms with Gasteiger partial charge in [-0.05, 0) is 46.3 Å². The molecular weight excluding hydrogens is 326 g/mol. The second-order valence-corrected chi connectivity index (χ2v) is 6.67. The predicted molar refractivity (Wildman–Crippen MR) is 85.9 cm³/mol. The zero-order valence-corrected chi connectivity index (χ0v) is 13.9. The van der Waals surface area contributed by atoms with Gasteiger partial charge in [-0.25, -0.2) is 0 Å². The number of rotatable bonds is 3. The Balaban J connectivity index is 1.94. The number of hydrogen-bond acceptors (Lipinski definition) is 2. The van der Waals surface area contributed by atoms with Gasteiger partial charge in [-0.15, -0.1) is 0 Å². The number of benzene rings is 1. The summed E-state index contributed by atoms with van der Waals surface area (Å²) in [6.07, 6.45) is 3.30. The molecule has 3 rings (SSSR count). The highest BCUT2D eigenvalue weighted by molar-refractivity contribution is 9.10. The number of halogens is 1. The fourth-order valence-corrected chi connectivity index (χ4v) is 4.03. The molecule has 1 aliphatic rings. The first-order valence-electron chi connectivity index (χ1n) is 7.27. The van der Waals surface area contributed by atoms with Crippen molar-refractivity contribution in [2.24, 2.45) is 12.5 Å². The van der Waals surface area contributed by atoms with Crippen LogP contribution < -0.4 is 0 Å². The quantitative estimate of drug-likeness (QED) is 0.854. The lowest BCUT2D eigenvalue weighted by Crippen LogP contribution is -2.24. The van der Waals surface area contributed by atoms with Gasteiger partial charge in [-0.2, -0.15) is 10.4 Å². The minimum Gasteiger partial charge on any atom is -0.271 e. The van der Waals surface area contributed by atoms with Crippen LogP contribution in [-0.2, 0) is 32.7 Å². The third-order valence-corrected chi connectivity index (χ3v) is 5.34. The van der Waals surface area contributed by atoms with Crippen LogP contribution in [0.5, 0.6) is 0 Å². The fourth-order valence-electron chi connectivity index (χ4n) is 3.27. The number of aromatic nitrogens is 2. The molecule has 0 unspecified atom stereocenters. The van der Waals surface area contributed by atoms with Gasteiger partial charge in [-0.1, -0.05) is 31.2 Å². The molecule has 108 valence electrons. The highest BCUT2D eigenvalue weighted by atomic mass is 79.9. The Morgan fingerprint density at radius 1 is 1.33 bits per heavy atom. The second-order valence-electron chi connectivity index (χ2n) is 5.88. The summed E-state index contributed by atoms with van der Waals surface area (Å²) in [6.45, 7) is 2.10. The molecule has 0 atom stereocenters. The maximum atomic E-state index is 9.80. The zero-order valence-electron chi connectivity index (χ0n) is 12.4. The first-order chi connectivity index (χ1) is 10.1. The van der Waals surface area contributed by atoms with Crippen molar-refractivity contribution in [2.75, 3.05) is 0 Å². The van der Waals surface area contributed by atoms with Crippen LogP contribution in [0.15, 0.2) is 28.7 Å². The average molecular weight is 344 g/mol.